The Morgan fingerprint density at radius 3 is 2.26 bits per heavy atom. The Balaban J connectivity index is 2.59. The number of carbonyl (C=O) groups excluding carboxylic acids is 1. The Morgan fingerprint density at radius 1 is 1.16 bits per heavy atom. The molecule has 0 aromatic heterocycles. The van der Waals surface area contributed by atoms with Gasteiger partial charge in [-0.3, -0.25) is 9.59 Å². The zero-order valence-corrected chi connectivity index (χ0v) is 9.71. The van der Waals surface area contributed by atoms with Crippen molar-refractivity contribution in [2.24, 2.45) is 5.73 Å². The van der Waals surface area contributed by atoms with Crippen molar-refractivity contribution in [3.05, 3.63) is 0 Å². The Labute approximate surface area is 107 Å². The normalized spacial score (nSPS) is 36.6. The third-order valence-electron chi connectivity index (χ3n) is 2.66. The fraction of sp³-hybridized carbons (Fsp3) is 0.778. The maximum atomic E-state index is 11.6. The standard InChI is InChI=1S/C9H16N2O8/c10-2(8(16)17)1-11-7(15)6-4(13)3(12)5(14)9(18)19-6/h2-6,9,12-14,18H,1,10H2,(H,11,15)(H,16,17)/t2?,3-,4+,5+,6-,9-/m0/s1. The molecule has 0 aliphatic carbocycles. The number of amides is 1. The summed E-state index contributed by atoms with van der Waals surface area (Å²) in [5.41, 5.74) is 5.15. The Kier molecular flexibility index (Phi) is 5.17. The molecule has 0 aromatic rings. The first-order valence-corrected chi connectivity index (χ1v) is 5.39. The Morgan fingerprint density at radius 2 is 1.74 bits per heavy atom. The number of carboxylic acids is 1. The van der Waals surface area contributed by atoms with E-state index in [9.17, 15) is 30.0 Å². The lowest BCUT2D eigenvalue weighted by molar-refractivity contribution is -0.275. The summed E-state index contributed by atoms with van der Waals surface area (Å²) in [6.07, 6.45) is -8.77. The quantitative estimate of drug-likeness (QED) is 0.266. The molecule has 0 radical (unpaired) electrons. The predicted molar refractivity (Wildman–Crippen MR) is 57.5 cm³/mol. The second-order valence-electron chi connectivity index (χ2n) is 4.11. The van der Waals surface area contributed by atoms with E-state index in [1.54, 1.807) is 0 Å². The van der Waals surface area contributed by atoms with Crippen LogP contribution in [0.3, 0.4) is 0 Å². The first-order chi connectivity index (χ1) is 8.75. The van der Waals surface area contributed by atoms with Gasteiger partial charge in [0.25, 0.3) is 5.91 Å². The molecule has 10 nitrogen and oxygen atoms in total. The summed E-state index contributed by atoms with van der Waals surface area (Å²) < 4.78 is 4.63. The maximum Gasteiger partial charge on any atom is 0.322 e. The van der Waals surface area contributed by atoms with Crippen LogP contribution in [0.4, 0.5) is 0 Å². The highest BCUT2D eigenvalue weighted by Gasteiger charge is 2.46. The highest BCUT2D eigenvalue weighted by molar-refractivity contribution is 5.82. The molecular weight excluding hydrogens is 264 g/mol. The van der Waals surface area contributed by atoms with Crippen molar-refractivity contribution in [1.29, 1.82) is 0 Å². The fourth-order valence-electron chi connectivity index (χ4n) is 1.48. The number of ether oxygens (including phenoxy) is 1. The second-order valence-corrected chi connectivity index (χ2v) is 4.11. The van der Waals surface area contributed by atoms with Crippen LogP contribution in [0, 0.1) is 0 Å². The van der Waals surface area contributed by atoms with Crippen LogP contribution in [0.2, 0.25) is 0 Å². The number of aliphatic carboxylic acids is 1. The molecule has 6 atom stereocenters. The molecule has 0 aromatic carbocycles. The number of aliphatic hydroxyl groups is 4. The van der Waals surface area contributed by atoms with Gasteiger partial charge in [0.1, 0.15) is 24.4 Å². The molecule has 0 spiro atoms. The average molecular weight is 280 g/mol. The van der Waals surface area contributed by atoms with Crippen molar-refractivity contribution >= 4 is 11.9 Å². The number of nitrogens with two attached hydrogens (primary N) is 1. The Bertz CT molecular complexity index is 351. The minimum atomic E-state index is -1.85. The van der Waals surface area contributed by atoms with Gasteiger partial charge >= 0.3 is 5.97 Å². The van der Waals surface area contributed by atoms with Gasteiger partial charge in [-0.1, -0.05) is 0 Å². The third kappa shape index (κ3) is 3.59. The van der Waals surface area contributed by atoms with E-state index in [1.807, 2.05) is 0 Å². The first kappa shape index (κ1) is 15.8. The highest BCUT2D eigenvalue weighted by atomic mass is 16.6. The van der Waals surface area contributed by atoms with Crippen LogP contribution < -0.4 is 11.1 Å². The predicted octanol–water partition coefficient (Wildman–Crippen LogP) is -4.69. The van der Waals surface area contributed by atoms with Gasteiger partial charge in [0.05, 0.1) is 0 Å². The van der Waals surface area contributed by atoms with Crippen LogP contribution in [0.25, 0.3) is 0 Å². The molecule has 0 saturated carbocycles. The van der Waals surface area contributed by atoms with Crippen LogP contribution >= 0.6 is 0 Å². The number of rotatable bonds is 4. The third-order valence-corrected chi connectivity index (χ3v) is 2.66. The average Bonchev–Trinajstić information content (AvgIpc) is 2.37. The molecule has 1 aliphatic rings. The van der Waals surface area contributed by atoms with Crippen LogP contribution in [0.5, 0.6) is 0 Å². The summed E-state index contributed by atoms with van der Waals surface area (Å²) in [5.74, 6) is -2.30. The minimum Gasteiger partial charge on any atom is -0.480 e. The first-order valence-electron chi connectivity index (χ1n) is 5.39. The minimum absolute atomic E-state index is 0.421. The fourth-order valence-corrected chi connectivity index (χ4v) is 1.48. The van der Waals surface area contributed by atoms with Crippen molar-refractivity contribution in [2.45, 2.75) is 36.7 Å². The summed E-state index contributed by atoms with van der Waals surface area (Å²) in [5, 5.41) is 47.9. The zero-order chi connectivity index (χ0) is 14.7. The molecule has 1 rings (SSSR count). The lowest BCUT2D eigenvalue weighted by Crippen LogP contribution is -2.62. The largest absolute Gasteiger partial charge is 0.480 e. The van der Waals surface area contributed by atoms with Gasteiger partial charge in [0.15, 0.2) is 12.4 Å². The summed E-state index contributed by atoms with van der Waals surface area (Å²) in [7, 11) is 0. The van der Waals surface area contributed by atoms with E-state index >= 15 is 0 Å². The van der Waals surface area contributed by atoms with Gasteiger partial charge in [-0.15, -0.1) is 0 Å². The van der Waals surface area contributed by atoms with E-state index in [2.05, 4.69) is 10.1 Å². The number of aliphatic hydroxyl groups excluding tert-OH is 4. The van der Waals surface area contributed by atoms with E-state index in [4.69, 9.17) is 10.8 Å². The van der Waals surface area contributed by atoms with Gasteiger partial charge in [0.2, 0.25) is 0 Å². The SMILES string of the molecule is NC(CNC(=O)[C@H]1O[C@H](O)[C@H](O)[C@@H](O)[C@H]1O)C(=O)O. The molecule has 110 valence electrons. The van der Waals surface area contributed by atoms with E-state index in [0.29, 0.717) is 0 Å². The zero-order valence-electron chi connectivity index (χ0n) is 9.71. The van der Waals surface area contributed by atoms with Crippen LogP contribution in [0.1, 0.15) is 0 Å². The van der Waals surface area contributed by atoms with Gasteiger partial charge in [-0.2, -0.15) is 0 Å². The van der Waals surface area contributed by atoms with Crippen LogP contribution in [0.15, 0.2) is 0 Å². The maximum absolute atomic E-state index is 11.6. The molecule has 1 amide bonds. The second kappa shape index (κ2) is 6.23. The van der Waals surface area contributed by atoms with Gasteiger partial charge in [0, 0.05) is 6.54 Å². The van der Waals surface area contributed by atoms with E-state index in [0.717, 1.165) is 0 Å². The molecule has 0 bridgehead atoms. The van der Waals surface area contributed by atoms with Gasteiger partial charge < -0.3 is 41.3 Å². The molecule has 1 saturated heterocycles. The molecule has 1 fully saturated rings. The van der Waals surface area contributed by atoms with E-state index in [1.165, 1.54) is 0 Å². The summed E-state index contributed by atoms with van der Waals surface area (Å²) >= 11 is 0. The molecule has 10 heteroatoms. The smallest absolute Gasteiger partial charge is 0.322 e. The number of hydrogen-bond donors (Lipinski definition) is 7. The van der Waals surface area contributed by atoms with Crippen LogP contribution in [-0.2, 0) is 14.3 Å². The number of carboxylic acid groups (broad SMARTS) is 1. The van der Waals surface area contributed by atoms with Crippen molar-refractivity contribution in [3.63, 3.8) is 0 Å². The van der Waals surface area contributed by atoms with Crippen molar-refractivity contribution in [3.8, 4) is 0 Å². The number of nitrogens with one attached hydrogen (secondary N) is 1. The molecular formula is C9H16N2O8. The summed E-state index contributed by atoms with van der Waals surface area (Å²) in [6, 6.07) is -1.34. The van der Waals surface area contributed by atoms with Crippen molar-refractivity contribution < 1.29 is 39.9 Å². The van der Waals surface area contributed by atoms with Crippen molar-refractivity contribution in [1.82, 2.24) is 5.32 Å². The number of carbonyl (C=O) groups is 2. The molecule has 1 aliphatic heterocycles. The van der Waals surface area contributed by atoms with Gasteiger partial charge in [-0.05, 0) is 0 Å². The van der Waals surface area contributed by atoms with Crippen molar-refractivity contribution in [2.75, 3.05) is 6.54 Å². The highest BCUT2D eigenvalue weighted by Crippen LogP contribution is 2.19. The van der Waals surface area contributed by atoms with Gasteiger partial charge in [-0.25, -0.2) is 0 Å². The molecule has 19 heavy (non-hydrogen) atoms. The molecule has 1 heterocycles. The topological polar surface area (TPSA) is 183 Å². The summed E-state index contributed by atoms with van der Waals surface area (Å²) in [6.45, 7) is -0.421. The van der Waals surface area contributed by atoms with E-state index in [-0.39, 0.29) is 0 Å². The molecule has 1 unspecified atom stereocenters. The monoisotopic (exact) mass is 280 g/mol. The Hall–Kier alpha value is -1.30. The lowest BCUT2D eigenvalue weighted by Gasteiger charge is -2.37. The van der Waals surface area contributed by atoms with E-state index < -0.39 is 55.2 Å². The number of hydrogen-bond acceptors (Lipinski definition) is 8. The van der Waals surface area contributed by atoms with Crippen LogP contribution in [-0.4, -0.2) is 80.7 Å². The summed E-state index contributed by atoms with van der Waals surface area (Å²) in [4.78, 5) is 22.0. The molecule has 8 N–H and O–H groups in total. The lowest BCUT2D eigenvalue weighted by atomic mass is 9.98.